The number of hydrogen-bond acceptors (Lipinski definition) is 2. The van der Waals surface area contributed by atoms with E-state index in [1.165, 1.54) is 5.56 Å². The molecular formula is C19H19NO2. The Kier molecular flexibility index (Phi) is 3.72. The third-order valence-electron chi connectivity index (χ3n) is 4.03. The van der Waals surface area contributed by atoms with Crippen molar-refractivity contribution < 1.29 is 9.53 Å². The molecule has 22 heavy (non-hydrogen) atoms. The summed E-state index contributed by atoms with van der Waals surface area (Å²) in [7, 11) is 1.66. The molecule has 0 amide bonds. The van der Waals surface area contributed by atoms with Gasteiger partial charge in [-0.15, -0.1) is 0 Å². The smallest absolute Gasteiger partial charge is 0.167 e. The van der Waals surface area contributed by atoms with Crippen LogP contribution >= 0.6 is 0 Å². The fourth-order valence-electron chi connectivity index (χ4n) is 2.82. The van der Waals surface area contributed by atoms with Crippen LogP contribution in [0, 0.1) is 6.92 Å². The predicted octanol–water partition coefficient (Wildman–Crippen LogP) is 4.30. The van der Waals surface area contributed by atoms with Crippen molar-refractivity contribution in [1.82, 2.24) is 4.40 Å². The van der Waals surface area contributed by atoms with Gasteiger partial charge >= 0.3 is 0 Å². The van der Waals surface area contributed by atoms with E-state index in [2.05, 4.69) is 19.1 Å². The van der Waals surface area contributed by atoms with Gasteiger partial charge in [0.05, 0.1) is 12.8 Å². The van der Waals surface area contributed by atoms with Crippen LogP contribution in [0.25, 0.3) is 16.6 Å². The molecule has 3 rings (SSSR count). The second-order valence-electron chi connectivity index (χ2n) is 5.45. The SMILES string of the molecule is CCc1ccc(OC)c(-c2cc3ccc(C)cn3c2C=O)c1. The van der Waals surface area contributed by atoms with Crippen LogP contribution in [-0.4, -0.2) is 17.8 Å². The first-order chi connectivity index (χ1) is 10.7. The minimum Gasteiger partial charge on any atom is -0.496 e. The number of carbonyl (C=O) groups excluding carboxylic acids is 1. The van der Waals surface area contributed by atoms with Crippen molar-refractivity contribution >= 4 is 11.8 Å². The van der Waals surface area contributed by atoms with Crippen molar-refractivity contribution in [3.8, 4) is 16.9 Å². The first-order valence-corrected chi connectivity index (χ1v) is 7.42. The van der Waals surface area contributed by atoms with Crippen LogP contribution in [0.15, 0.2) is 42.6 Å². The van der Waals surface area contributed by atoms with Gasteiger partial charge in [0.25, 0.3) is 0 Å². The Labute approximate surface area is 130 Å². The number of aromatic nitrogens is 1. The maximum absolute atomic E-state index is 11.7. The van der Waals surface area contributed by atoms with Crippen molar-refractivity contribution in [1.29, 1.82) is 0 Å². The number of nitrogens with zero attached hydrogens (tertiary/aromatic N) is 1. The van der Waals surface area contributed by atoms with E-state index in [4.69, 9.17) is 4.74 Å². The third kappa shape index (κ3) is 2.29. The number of fused-ring (bicyclic) bond motifs is 1. The molecule has 0 saturated heterocycles. The lowest BCUT2D eigenvalue weighted by Gasteiger charge is -2.10. The van der Waals surface area contributed by atoms with Crippen LogP contribution in [-0.2, 0) is 6.42 Å². The normalized spacial score (nSPS) is 10.9. The van der Waals surface area contributed by atoms with Gasteiger partial charge in [0, 0.05) is 22.8 Å². The van der Waals surface area contributed by atoms with E-state index in [0.29, 0.717) is 5.69 Å². The summed E-state index contributed by atoms with van der Waals surface area (Å²) >= 11 is 0. The molecule has 0 aliphatic carbocycles. The summed E-state index contributed by atoms with van der Waals surface area (Å²) in [6.07, 6.45) is 3.85. The molecule has 2 heterocycles. The average molecular weight is 293 g/mol. The van der Waals surface area contributed by atoms with E-state index in [0.717, 1.165) is 40.7 Å². The molecule has 3 heteroatoms. The van der Waals surface area contributed by atoms with Gasteiger partial charge in [-0.25, -0.2) is 0 Å². The minimum atomic E-state index is 0.658. The molecule has 3 nitrogen and oxygen atoms in total. The maximum atomic E-state index is 11.7. The highest BCUT2D eigenvalue weighted by Gasteiger charge is 2.15. The number of methoxy groups -OCH3 is 1. The fraction of sp³-hybridized carbons (Fsp3) is 0.211. The van der Waals surface area contributed by atoms with E-state index in [1.54, 1.807) is 7.11 Å². The van der Waals surface area contributed by atoms with Gasteiger partial charge < -0.3 is 9.14 Å². The maximum Gasteiger partial charge on any atom is 0.167 e. The second-order valence-corrected chi connectivity index (χ2v) is 5.45. The van der Waals surface area contributed by atoms with Crippen LogP contribution in [0.5, 0.6) is 5.75 Å². The Bertz CT molecular complexity index is 846. The molecule has 1 aromatic carbocycles. The molecule has 0 aliphatic rings. The van der Waals surface area contributed by atoms with Gasteiger partial charge in [-0.2, -0.15) is 0 Å². The van der Waals surface area contributed by atoms with Crippen molar-refractivity contribution in [2.45, 2.75) is 20.3 Å². The minimum absolute atomic E-state index is 0.658. The summed E-state index contributed by atoms with van der Waals surface area (Å²) < 4.78 is 7.43. The van der Waals surface area contributed by atoms with Crippen LogP contribution in [0.4, 0.5) is 0 Å². The highest BCUT2D eigenvalue weighted by molar-refractivity contribution is 5.91. The third-order valence-corrected chi connectivity index (χ3v) is 4.03. The predicted molar refractivity (Wildman–Crippen MR) is 88.9 cm³/mol. The van der Waals surface area contributed by atoms with Crippen molar-refractivity contribution in [2.75, 3.05) is 7.11 Å². The zero-order valence-electron chi connectivity index (χ0n) is 13.1. The summed E-state index contributed by atoms with van der Waals surface area (Å²) in [6, 6.07) is 12.3. The van der Waals surface area contributed by atoms with Gasteiger partial charge in [-0.05, 0) is 48.7 Å². The van der Waals surface area contributed by atoms with Crippen molar-refractivity contribution in [3.05, 3.63) is 59.4 Å². The Balaban J connectivity index is 2.32. The van der Waals surface area contributed by atoms with Crippen molar-refractivity contribution in [2.24, 2.45) is 0 Å². The number of rotatable bonds is 4. The van der Waals surface area contributed by atoms with Gasteiger partial charge in [-0.3, -0.25) is 4.79 Å². The average Bonchev–Trinajstić information content (AvgIpc) is 2.91. The van der Waals surface area contributed by atoms with E-state index >= 15 is 0 Å². The van der Waals surface area contributed by atoms with Gasteiger partial charge in [-0.1, -0.05) is 19.1 Å². The molecule has 0 unspecified atom stereocenters. The lowest BCUT2D eigenvalue weighted by Crippen LogP contribution is -1.95. The number of pyridine rings is 1. The first-order valence-electron chi connectivity index (χ1n) is 7.42. The second kappa shape index (κ2) is 5.68. The monoisotopic (exact) mass is 293 g/mol. The fourth-order valence-corrected chi connectivity index (χ4v) is 2.82. The zero-order chi connectivity index (χ0) is 15.7. The van der Waals surface area contributed by atoms with Crippen LogP contribution < -0.4 is 4.74 Å². The molecule has 0 N–H and O–H groups in total. The van der Waals surface area contributed by atoms with E-state index in [9.17, 15) is 4.79 Å². The molecule has 0 saturated carbocycles. The lowest BCUT2D eigenvalue weighted by atomic mass is 10.0. The summed E-state index contributed by atoms with van der Waals surface area (Å²) in [5.41, 5.74) is 5.88. The van der Waals surface area contributed by atoms with Crippen LogP contribution in [0.3, 0.4) is 0 Å². The summed E-state index contributed by atoms with van der Waals surface area (Å²) in [5.74, 6) is 0.785. The topological polar surface area (TPSA) is 30.7 Å². The molecule has 0 aliphatic heterocycles. The van der Waals surface area contributed by atoms with Crippen molar-refractivity contribution in [3.63, 3.8) is 0 Å². The van der Waals surface area contributed by atoms with E-state index in [1.807, 2.05) is 41.8 Å². The Morgan fingerprint density at radius 1 is 1.14 bits per heavy atom. The molecule has 0 bridgehead atoms. The van der Waals surface area contributed by atoms with Crippen LogP contribution in [0.2, 0.25) is 0 Å². The van der Waals surface area contributed by atoms with Gasteiger partial charge in [0.1, 0.15) is 5.75 Å². The Hall–Kier alpha value is -2.55. The number of carbonyl (C=O) groups is 1. The molecule has 0 fully saturated rings. The van der Waals surface area contributed by atoms with Gasteiger partial charge in [0.2, 0.25) is 0 Å². The number of aryl methyl sites for hydroxylation is 2. The van der Waals surface area contributed by atoms with E-state index < -0.39 is 0 Å². The Morgan fingerprint density at radius 3 is 2.64 bits per heavy atom. The lowest BCUT2D eigenvalue weighted by molar-refractivity contribution is 0.111. The number of hydrogen-bond donors (Lipinski definition) is 0. The molecule has 0 atom stereocenters. The highest BCUT2D eigenvalue weighted by Crippen LogP contribution is 2.35. The van der Waals surface area contributed by atoms with Crippen LogP contribution in [0.1, 0.15) is 28.5 Å². The number of benzene rings is 1. The molecule has 0 radical (unpaired) electrons. The molecule has 0 spiro atoms. The van der Waals surface area contributed by atoms with E-state index in [-0.39, 0.29) is 0 Å². The first kappa shape index (κ1) is 14.4. The quantitative estimate of drug-likeness (QED) is 0.671. The zero-order valence-corrected chi connectivity index (χ0v) is 13.1. The molecule has 3 aromatic rings. The number of aldehydes is 1. The highest BCUT2D eigenvalue weighted by atomic mass is 16.5. The summed E-state index contributed by atoms with van der Waals surface area (Å²) in [5, 5.41) is 0. The molecule has 112 valence electrons. The standard InChI is InChI=1S/C19H19NO2/c1-4-14-6-8-19(22-3)17(9-14)16-10-15-7-5-13(2)11-20(15)18(16)12-21/h5-12H,4H2,1-3H3. The Morgan fingerprint density at radius 2 is 1.95 bits per heavy atom. The molecular weight excluding hydrogens is 274 g/mol. The summed E-state index contributed by atoms with van der Waals surface area (Å²) in [4.78, 5) is 11.7. The number of ether oxygens (including phenoxy) is 1. The summed E-state index contributed by atoms with van der Waals surface area (Å²) in [6.45, 7) is 4.14. The van der Waals surface area contributed by atoms with Gasteiger partial charge in [0.15, 0.2) is 6.29 Å². The molecule has 2 aromatic heterocycles. The largest absolute Gasteiger partial charge is 0.496 e.